The van der Waals surface area contributed by atoms with E-state index in [0.29, 0.717) is 11.3 Å². The number of hydrogen-bond acceptors (Lipinski definition) is 3. The first-order valence-electron chi connectivity index (χ1n) is 6.10. The highest BCUT2D eigenvalue weighted by Gasteiger charge is 2.27. The fourth-order valence-electron chi connectivity index (χ4n) is 1.79. The average Bonchev–Trinajstić information content (AvgIpc) is 2.29. The quantitative estimate of drug-likeness (QED) is 0.259. The summed E-state index contributed by atoms with van der Waals surface area (Å²) in [5.74, 6) is 7.57. The number of thioether (sulfide) groups is 1. The number of aliphatic imine (C=N–C) groups is 1. The Hall–Kier alpha value is -0.420. The highest BCUT2D eigenvalue weighted by atomic mass is 32.2. The summed E-state index contributed by atoms with van der Waals surface area (Å²) < 4.78 is 0. The van der Waals surface area contributed by atoms with E-state index in [-0.39, 0.29) is 0 Å². The molecule has 0 radical (unpaired) electrons. The van der Waals surface area contributed by atoms with Crippen molar-refractivity contribution in [3.8, 4) is 0 Å². The fourth-order valence-corrected chi connectivity index (χ4v) is 2.89. The molecule has 2 atom stereocenters. The molecule has 0 aliphatic carbocycles. The van der Waals surface area contributed by atoms with Gasteiger partial charge < -0.3 is 4.90 Å². The lowest BCUT2D eigenvalue weighted by Crippen LogP contribution is -2.54. The number of nitrogens with one attached hydrogen (secondary N) is 1. The Bertz CT molecular complexity index is 232. The molecule has 0 aromatic heterocycles. The molecule has 1 fully saturated rings. The molecule has 1 aliphatic rings. The first-order chi connectivity index (χ1) is 7.70. The van der Waals surface area contributed by atoms with Gasteiger partial charge in [0, 0.05) is 30.1 Å². The predicted molar refractivity (Wildman–Crippen MR) is 72.6 cm³/mol. The Kier molecular flexibility index (Phi) is 5.98. The van der Waals surface area contributed by atoms with Crippen molar-refractivity contribution in [1.29, 1.82) is 0 Å². The van der Waals surface area contributed by atoms with Crippen LogP contribution in [-0.2, 0) is 0 Å². The van der Waals surface area contributed by atoms with Crippen molar-refractivity contribution in [2.45, 2.75) is 44.9 Å². The highest BCUT2D eigenvalue weighted by Crippen LogP contribution is 2.23. The normalized spacial score (nSPS) is 27.0. The van der Waals surface area contributed by atoms with Crippen molar-refractivity contribution in [1.82, 2.24) is 10.3 Å². The lowest BCUT2D eigenvalue weighted by atomic mass is 10.2. The standard InChI is InChI=1S/C11H24N4S/c1-4-5-6-13-11(14-12)15-7-8-16-10(3)9(15)2/h9-10H,4-8,12H2,1-3H3,(H,13,14). The smallest absolute Gasteiger partial charge is 0.208 e. The van der Waals surface area contributed by atoms with Gasteiger partial charge in [-0.2, -0.15) is 11.8 Å². The van der Waals surface area contributed by atoms with Crippen LogP contribution in [0.25, 0.3) is 0 Å². The second-order valence-corrected chi connectivity index (χ2v) is 5.70. The second kappa shape index (κ2) is 7.01. The van der Waals surface area contributed by atoms with Gasteiger partial charge in [-0.3, -0.25) is 10.4 Å². The lowest BCUT2D eigenvalue weighted by molar-refractivity contribution is 0.322. The summed E-state index contributed by atoms with van der Waals surface area (Å²) >= 11 is 2.02. The summed E-state index contributed by atoms with van der Waals surface area (Å²) in [5.41, 5.74) is 2.75. The monoisotopic (exact) mass is 244 g/mol. The summed E-state index contributed by atoms with van der Waals surface area (Å²) in [6, 6.07) is 0.496. The maximum atomic E-state index is 5.56. The van der Waals surface area contributed by atoms with Crippen LogP contribution in [0, 0.1) is 0 Å². The summed E-state index contributed by atoms with van der Waals surface area (Å²) in [6.45, 7) is 8.57. The summed E-state index contributed by atoms with van der Waals surface area (Å²) in [4.78, 5) is 6.83. The molecule has 0 aromatic rings. The van der Waals surface area contributed by atoms with E-state index in [1.165, 1.54) is 6.42 Å². The van der Waals surface area contributed by atoms with E-state index in [4.69, 9.17) is 5.84 Å². The lowest BCUT2D eigenvalue weighted by Gasteiger charge is -2.39. The van der Waals surface area contributed by atoms with Crippen LogP contribution in [0.4, 0.5) is 0 Å². The molecule has 1 aliphatic heterocycles. The number of unbranched alkanes of at least 4 members (excludes halogenated alkanes) is 1. The molecule has 0 bridgehead atoms. The zero-order chi connectivity index (χ0) is 12.0. The van der Waals surface area contributed by atoms with E-state index in [1.807, 2.05) is 11.8 Å². The molecule has 0 aromatic carbocycles. The van der Waals surface area contributed by atoms with Crippen LogP contribution in [0.5, 0.6) is 0 Å². The van der Waals surface area contributed by atoms with Gasteiger partial charge in [0.25, 0.3) is 0 Å². The molecule has 0 spiro atoms. The SMILES string of the molecule is CCCCN=C(NN)N1CCSC(C)C1C. The topological polar surface area (TPSA) is 53.6 Å². The largest absolute Gasteiger partial charge is 0.337 e. The van der Waals surface area contributed by atoms with Crippen LogP contribution >= 0.6 is 11.8 Å². The second-order valence-electron chi connectivity index (χ2n) is 4.21. The first kappa shape index (κ1) is 13.6. The van der Waals surface area contributed by atoms with Crippen LogP contribution in [0.3, 0.4) is 0 Å². The average molecular weight is 244 g/mol. The van der Waals surface area contributed by atoms with Crippen molar-refractivity contribution in [3.63, 3.8) is 0 Å². The van der Waals surface area contributed by atoms with Crippen molar-refractivity contribution in [2.24, 2.45) is 10.8 Å². The summed E-state index contributed by atoms with van der Waals surface area (Å²) in [7, 11) is 0. The number of nitrogens with two attached hydrogens (primary N) is 1. The third-order valence-corrected chi connectivity index (χ3v) is 4.40. The van der Waals surface area contributed by atoms with Crippen LogP contribution < -0.4 is 11.3 Å². The maximum Gasteiger partial charge on any atom is 0.208 e. The Morgan fingerprint density at radius 2 is 2.31 bits per heavy atom. The third-order valence-electron chi connectivity index (χ3n) is 3.06. The molecule has 16 heavy (non-hydrogen) atoms. The Balaban J connectivity index is 2.60. The zero-order valence-corrected chi connectivity index (χ0v) is 11.4. The number of hydrazine groups is 1. The van der Waals surface area contributed by atoms with E-state index in [2.05, 4.69) is 36.1 Å². The van der Waals surface area contributed by atoms with Crippen LogP contribution in [0.1, 0.15) is 33.6 Å². The highest BCUT2D eigenvalue weighted by molar-refractivity contribution is 8.00. The van der Waals surface area contributed by atoms with Crippen molar-refractivity contribution in [2.75, 3.05) is 18.8 Å². The number of hydrogen-bond donors (Lipinski definition) is 2. The molecule has 1 saturated heterocycles. The predicted octanol–water partition coefficient (Wildman–Crippen LogP) is 1.43. The van der Waals surface area contributed by atoms with Gasteiger partial charge in [-0.15, -0.1) is 0 Å². The van der Waals surface area contributed by atoms with E-state index in [9.17, 15) is 0 Å². The molecule has 0 saturated carbocycles. The van der Waals surface area contributed by atoms with Gasteiger partial charge in [-0.05, 0) is 13.3 Å². The van der Waals surface area contributed by atoms with E-state index >= 15 is 0 Å². The number of rotatable bonds is 3. The van der Waals surface area contributed by atoms with E-state index in [0.717, 1.165) is 31.2 Å². The Morgan fingerprint density at radius 3 is 2.94 bits per heavy atom. The van der Waals surface area contributed by atoms with Crippen molar-refractivity contribution < 1.29 is 0 Å². The molecule has 5 heteroatoms. The number of nitrogens with zero attached hydrogens (tertiary/aromatic N) is 2. The van der Waals surface area contributed by atoms with Crippen molar-refractivity contribution in [3.05, 3.63) is 0 Å². The molecule has 2 unspecified atom stereocenters. The molecular weight excluding hydrogens is 220 g/mol. The minimum Gasteiger partial charge on any atom is -0.337 e. The molecule has 3 N–H and O–H groups in total. The van der Waals surface area contributed by atoms with Gasteiger partial charge >= 0.3 is 0 Å². The molecule has 1 rings (SSSR count). The van der Waals surface area contributed by atoms with Crippen LogP contribution in [-0.4, -0.2) is 41.0 Å². The molecule has 1 heterocycles. The van der Waals surface area contributed by atoms with Gasteiger partial charge in [0.05, 0.1) is 0 Å². The van der Waals surface area contributed by atoms with Gasteiger partial charge in [-0.25, -0.2) is 5.84 Å². The minimum atomic E-state index is 0.496. The summed E-state index contributed by atoms with van der Waals surface area (Å²) in [5, 5.41) is 0.637. The molecular formula is C11H24N4S. The molecule has 4 nitrogen and oxygen atoms in total. The molecule has 94 valence electrons. The molecule has 0 amide bonds. The van der Waals surface area contributed by atoms with E-state index in [1.54, 1.807) is 0 Å². The first-order valence-corrected chi connectivity index (χ1v) is 7.14. The minimum absolute atomic E-state index is 0.496. The third kappa shape index (κ3) is 3.56. The number of guanidine groups is 1. The van der Waals surface area contributed by atoms with Crippen LogP contribution in [0.2, 0.25) is 0 Å². The van der Waals surface area contributed by atoms with Gasteiger partial charge in [0.1, 0.15) is 0 Å². The zero-order valence-electron chi connectivity index (χ0n) is 10.6. The summed E-state index contributed by atoms with van der Waals surface area (Å²) in [6.07, 6.45) is 2.29. The van der Waals surface area contributed by atoms with Gasteiger partial charge in [0.15, 0.2) is 0 Å². The van der Waals surface area contributed by atoms with Crippen molar-refractivity contribution >= 4 is 17.7 Å². The van der Waals surface area contributed by atoms with Gasteiger partial charge in [-0.1, -0.05) is 20.3 Å². The Morgan fingerprint density at radius 1 is 1.56 bits per heavy atom. The maximum absolute atomic E-state index is 5.56. The Labute approximate surface area is 103 Å². The van der Waals surface area contributed by atoms with Gasteiger partial charge in [0.2, 0.25) is 5.96 Å². The fraction of sp³-hybridized carbons (Fsp3) is 0.909. The van der Waals surface area contributed by atoms with E-state index < -0.39 is 0 Å². The van der Waals surface area contributed by atoms with Crippen LogP contribution in [0.15, 0.2) is 4.99 Å².